The summed E-state index contributed by atoms with van der Waals surface area (Å²) >= 11 is 0. The molecule has 0 unspecified atom stereocenters. The summed E-state index contributed by atoms with van der Waals surface area (Å²) in [6.45, 7) is 2.17. The van der Waals surface area contributed by atoms with Gasteiger partial charge in [-0.05, 0) is 31.7 Å². The van der Waals surface area contributed by atoms with E-state index < -0.39 is 0 Å². The van der Waals surface area contributed by atoms with Crippen molar-refractivity contribution in [3.05, 3.63) is 35.9 Å². The molecule has 1 aromatic rings. The minimum absolute atomic E-state index is 0.0230. The molecule has 0 bridgehead atoms. The van der Waals surface area contributed by atoms with Crippen LogP contribution in [0.3, 0.4) is 0 Å². The molecule has 18 heavy (non-hydrogen) atoms. The molecular weight excluding hydrogens is 226 g/mol. The molecule has 0 radical (unpaired) electrons. The number of hydrogen-bond donors (Lipinski definition) is 0. The molecule has 0 fully saturated rings. The third kappa shape index (κ3) is 5.62. The third-order valence-electron chi connectivity index (χ3n) is 2.88. The lowest BCUT2D eigenvalue weighted by Gasteiger charge is -2.16. The number of carbonyl (C=O) groups excluding carboxylic acids is 2. The standard InChI is InChI=1S/C15H21NO2/c1-13(17)12-15(18)16(2)11-7-6-10-14-8-4-3-5-9-14/h3-5,8-9H,6-7,10-12H2,1-2H3. The van der Waals surface area contributed by atoms with Gasteiger partial charge in [0.2, 0.25) is 5.91 Å². The van der Waals surface area contributed by atoms with Crippen LogP contribution in [0.25, 0.3) is 0 Å². The lowest BCUT2D eigenvalue weighted by molar-refractivity contribution is -0.133. The molecule has 1 aromatic carbocycles. The second-order valence-electron chi connectivity index (χ2n) is 4.64. The number of unbranched alkanes of at least 4 members (excludes halogenated alkanes) is 1. The van der Waals surface area contributed by atoms with E-state index in [2.05, 4.69) is 12.1 Å². The molecule has 3 heteroatoms. The summed E-state index contributed by atoms with van der Waals surface area (Å²) in [7, 11) is 1.76. The summed E-state index contributed by atoms with van der Waals surface area (Å²) in [5, 5.41) is 0. The fourth-order valence-corrected chi connectivity index (χ4v) is 1.80. The van der Waals surface area contributed by atoms with Crippen LogP contribution in [0.2, 0.25) is 0 Å². The maximum absolute atomic E-state index is 11.5. The summed E-state index contributed by atoms with van der Waals surface area (Å²) in [6, 6.07) is 10.3. The van der Waals surface area contributed by atoms with Crippen LogP contribution in [0.5, 0.6) is 0 Å². The summed E-state index contributed by atoms with van der Waals surface area (Å²) < 4.78 is 0. The lowest BCUT2D eigenvalue weighted by Crippen LogP contribution is -2.29. The van der Waals surface area contributed by atoms with E-state index in [9.17, 15) is 9.59 Å². The number of amides is 1. The van der Waals surface area contributed by atoms with Gasteiger partial charge in [-0.15, -0.1) is 0 Å². The molecule has 0 aliphatic carbocycles. The van der Waals surface area contributed by atoms with Crippen molar-refractivity contribution in [2.45, 2.75) is 32.6 Å². The molecule has 0 spiro atoms. The zero-order valence-electron chi connectivity index (χ0n) is 11.2. The van der Waals surface area contributed by atoms with Gasteiger partial charge in [0.05, 0.1) is 6.42 Å². The van der Waals surface area contributed by atoms with Gasteiger partial charge in [-0.2, -0.15) is 0 Å². The zero-order chi connectivity index (χ0) is 13.4. The molecule has 3 nitrogen and oxygen atoms in total. The first-order valence-electron chi connectivity index (χ1n) is 6.37. The first-order valence-corrected chi connectivity index (χ1v) is 6.37. The summed E-state index contributed by atoms with van der Waals surface area (Å²) in [5.41, 5.74) is 1.33. The lowest BCUT2D eigenvalue weighted by atomic mass is 10.1. The largest absolute Gasteiger partial charge is 0.345 e. The van der Waals surface area contributed by atoms with E-state index in [-0.39, 0.29) is 18.1 Å². The van der Waals surface area contributed by atoms with Crippen LogP contribution in [0.15, 0.2) is 30.3 Å². The van der Waals surface area contributed by atoms with Gasteiger partial charge in [-0.1, -0.05) is 30.3 Å². The van der Waals surface area contributed by atoms with E-state index in [0.717, 1.165) is 25.8 Å². The van der Waals surface area contributed by atoms with E-state index in [0.29, 0.717) is 0 Å². The molecule has 0 aliphatic rings. The fraction of sp³-hybridized carbons (Fsp3) is 0.467. The minimum atomic E-state index is -0.0813. The second-order valence-corrected chi connectivity index (χ2v) is 4.64. The summed E-state index contributed by atoms with van der Waals surface area (Å²) in [4.78, 5) is 24.0. The van der Waals surface area contributed by atoms with Crippen molar-refractivity contribution in [1.29, 1.82) is 0 Å². The first kappa shape index (κ1) is 14.4. The summed E-state index contributed by atoms with van der Waals surface area (Å²) in [5.74, 6) is -0.154. The van der Waals surface area contributed by atoms with Crippen LogP contribution in [0, 0.1) is 0 Å². The molecule has 0 aliphatic heterocycles. The van der Waals surface area contributed by atoms with Crippen LogP contribution >= 0.6 is 0 Å². The number of ketones is 1. The Hall–Kier alpha value is -1.64. The van der Waals surface area contributed by atoms with Gasteiger partial charge in [0, 0.05) is 13.6 Å². The van der Waals surface area contributed by atoms with Crippen LogP contribution in [-0.4, -0.2) is 30.2 Å². The van der Waals surface area contributed by atoms with Crippen molar-refractivity contribution in [2.75, 3.05) is 13.6 Å². The molecule has 0 saturated carbocycles. The van der Waals surface area contributed by atoms with Crippen molar-refractivity contribution >= 4 is 11.7 Å². The average molecular weight is 247 g/mol. The van der Waals surface area contributed by atoms with Gasteiger partial charge >= 0.3 is 0 Å². The SMILES string of the molecule is CC(=O)CC(=O)N(C)CCCCc1ccccc1. The Morgan fingerprint density at radius 3 is 2.39 bits per heavy atom. The van der Waals surface area contributed by atoms with Crippen molar-refractivity contribution in [1.82, 2.24) is 4.90 Å². The monoisotopic (exact) mass is 247 g/mol. The zero-order valence-corrected chi connectivity index (χ0v) is 11.2. The van der Waals surface area contributed by atoms with Crippen molar-refractivity contribution in [3.8, 4) is 0 Å². The number of Topliss-reactive ketones (excluding diaryl/α,β-unsaturated/α-hetero) is 1. The Balaban J connectivity index is 2.18. The normalized spacial score (nSPS) is 10.1. The first-order chi connectivity index (χ1) is 8.59. The minimum Gasteiger partial charge on any atom is -0.345 e. The molecule has 98 valence electrons. The maximum Gasteiger partial charge on any atom is 0.229 e. The van der Waals surface area contributed by atoms with Crippen molar-refractivity contribution in [2.24, 2.45) is 0 Å². The van der Waals surface area contributed by atoms with Crippen molar-refractivity contribution < 1.29 is 9.59 Å². The van der Waals surface area contributed by atoms with Crippen LogP contribution < -0.4 is 0 Å². The molecule has 0 saturated heterocycles. The van der Waals surface area contributed by atoms with Crippen LogP contribution in [0.1, 0.15) is 31.7 Å². The Morgan fingerprint density at radius 1 is 1.11 bits per heavy atom. The maximum atomic E-state index is 11.5. The van der Waals surface area contributed by atoms with Crippen LogP contribution in [-0.2, 0) is 16.0 Å². The van der Waals surface area contributed by atoms with Gasteiger partial charge < -0.3 is 4.90 Å². The van der Waals surface area contributed by atoms with Crippen molar-refractivity contribution in [3.63, 3.8) is 0 Å². The number of aryl methyl sites for hydroxylation is 1. The molecule has 0 atom stereocenters. The van der Waals surface area contributed by atoms with E-state index in [4.69, 9.17) is 0 Å². The number of benzene rings is 1. The Kier molecular flexibility index (Phi) is 6.12. The van der Waals surface area contributed by atoms with E-state index in [1.165, 1.54) is 12.5 Å². The Bertz CT molecular complexity index is 387. The highest BCUT2D eigenvalue weighted by molar-refractivity contribution is 5.96. The molecule has 0 aromatic heterocycles. The van der Waals surface area contributed by atoms with Crippen LogP contribution in [0.4, 0.5) is 0 Å². The topological polar surface area (TPSA) is 37.4 Å². The van der Waals surface area contributed by atoms with Gasteiger partial charge in [0.15, 0.2) is 0 Å². The molecule has 0 N–H and O–H groups in total. The average Bonchev–Trinajstić information content (AvgIpc) is 2.34. The number of hydrogen-bond acceptors (Lipinski definition) is 2. The van der Waals surface area contributed by atoms with E-state index in [1.54, 1.807) is 11.9 Å². The molecular formula is C15H21NO2. The highest BCUT2D eigenvalue weighted by Gasteiger charge is 2.10. The quantitative estimate of drug-likeness (QED) is 0.548. The fourth-order valence-electron chi connectivity index (χ4n) is 1.80. The Labute approximate surface area is 109 Å². The predicted molar refractivity (Wildman–Crippen MR) is 72.3 cm³/mol. The molecule has 1 amide bonds. The van der Waals surface area contributed by atoms with Gasteiger partial charge in [-0.25, -0.2) is 0 Å². The van der Waals surface area contributed by atoms with Gasteiger partial charge in [0.25, 0.3) is 0 Å². The summed E-state index contributed by atoms with van der Waals surface area (Å²) in [6.07, 6.45) is 3.08. The molecule has 1 rings (SSSR count). The van der Waals surface area contributed by atoms with E-state index in [1.807, 2.05) is 18.2 Å². The van der Waals surface area contributed by atoms with E-state index >= 15 is 0 Å². The number of carbonyl (C=O) groups is 2. The smallest absolute Gasteiger partial charge is 0.229 e. The van der Waals surface area contributed by atoms with Gasteiger partial charge in [-0.3, -0.25) is 9.59 Å². The predicted octanol–water partition coefficient (Wildman–Crippen LogP) is 2.45. The highest BCUT2D eigenvalue weighted by Crippen LogP contribution is 2.05. The molecule has 0 heterocycles. The highest BCUT2D eigenvalue weighted by atomic mass is 16.2. The third-order valence-corrected chi connectivity index (χ3v) is 2.88. The Morgan fingerprint density at radius 2 is 1.78 bits per heavy atom. The number of nitrogens with zero attached hydrogens (tertiary/aromatic N) is 1. The second kappa shape index (κ2) is 7.64. The number of rotatable bonds is 7. The van der Waals surface area contributed by atoms with Gasteiger partial charge in [0.1, 0.15) is 5.78 Å².